The first-order valence-corrected chi connectivity index (χ1v) is 12.4. The molecule has 0 spiro atoms. The quantitative estimate of drug-likeness (QED) is 0.238. The summed E-state index contributed by atoms with van der Waals surface area (Å²) in [6, 6.07) is 18.1. The Morgan fingerprint density at radius 3 is 2.43 bits per heavy atom. The summed E-state index contributed by atoms with van der Waals surface area (Å²) in [7, 11) is -4.18. The van der Waals surface area contributed by atoms with Gasteiger partial charge in [0.2, 0.25) is 5.75 Å². The van der Waals surface area contributed by atoms with Crippen molar-refractivity contribution in [2.24, 2.45) is 0 Å². The van der Waals surface area contributed by atoms with Crippen LogP contribution in [-0.4, -0.2) is 20.9 Å². The highest BCUT2D eigenvalue weighted by Crippen LogP contribution is 2.39. The highest BCUT2D eigenvalue weighted by atomic mass is 35.5. The van der Waals surface area contributed by atoms with Gasteiger partial charge in [-0.25, -0.2) is 0 Å². The summed E-state index contributed by atoms with van der Waals surface area (Å²) in [5.41, 5.74) is 2.50. The Kier molecular flexibility index (Phi) is 8.18. The number of rotatable bonds is 8. The van der Waals surface area contributed by atoms with Gasteiger partial charge in [0, 0.05) is 5.69 Å². The number of ether oxygens (including phenoxy) is 1. The van der Waals surface area contributed by atoms with Crippen molar-refractivity contribution < 1.29 is 22.1 Å². The van der Waals surface area contributed by atoms with Gasteiger partial charge >= 0.3 is 10.1 Å². The number of nitrogens with one attached hydrogen (secondary N) is 1. The Morgan fingerprint density at radius 1 is 1.11 bits per heavy atom. The molecule has 0 radical (unpaired) electrons. The van der Waals surface area contributed by atoms with Crippen LogP contribution >= 0.6 is 11.6 Å². The molecule has 0 aliphatic heterocycles. The van der Waals surface area contributed by atoms with E-state index in [0.717, 1.165) is 11.1 Å². The first kappa shape index (κ1) is 25.8. The number of para-hydroxylation sites is 1. The first-order chi connectivity index (χ1) is 16.6. The molecular formula is C26H23ClN2O5S. The highest BCUT2D eigenvalue weighted by molar-refractivity contribution is 7.87. The predicted octanol–water partition coefficient (Wildman–Crippen LogP) is 5.67. The number of carbonyl (C=O) groups is 1. The predicted molar refractivity (Wildman–Crippen MR) is 135 cm³/mol. The summed E-state index contributed by atoms with van der Waals surface area (Å²) >= 11 is 6.36. The Morgan fingerprint density at radius 2 is 1.80 bits per heavy atom. The third-order valence-corrected chi connectivity index (χ3v) is 6.42. The molecule has 180 valence electrons. The zero-order valence-electron chi connectivity index (χ0n) is 19.3. The lowest BCUT2D eigenvalue weighted by atomic mass is 10.1. The number of amides is 1. The average Bonchev–Trinajstić information content (AvgIpc) is 2.81. The Balaban J connectivity index is 1.95. The van der Waals surface area contributed by atoms with E-state index in [0.29, 0.717) is 11.3 Å². The fourth-order valence-corrected chi connectivity index (χ4v) is 4.36. The van der Waals surface area contributed by atoms with Gasteiger partial charge in [0.15, 0.2) is 5.75 Å². The second-order valence-electron chi connectivity index (χ2n) is 7.55. The van der Waals surface area contributed by atoms with Crippen LogP contribution in [0.4, 0.5) is 5.69 Å². The molecule has 1 amide bonds. The second kappa shape index (κ2) is 11.1. The van der Waals surface area contributed by atoms with E-state index in [9.17, 15) is 18.5 Å². The zero-order chi connectivity index (χ0) is 25.6. The zero-order valence-corrected chi connectivity index (χ0v) is 20.9. The van der Waals surface area contributed by atoms with Crippen molar-refractivity contribution in [1.29, 1.82) is 5.26 Å². The van der Waals surface area contributed by atoms with E-state index in [1.165, 1.54) is 30.3 Å². The Bertz CT molecular complexity index is 1430. The lowest BCUT2D eigenvalue weighted by Gasteiger charge is -2.14. The van der Waals surface area contributed by atoms with Crippen molar-refractivity contribution in [2.45, 2.75) is 25.7 Å². The summed E-state index contributed by atoms with van der Waals surface area (Å²) < 4.78 is 36.4. The van der Waals surface area contributed by atoms with Crippen LogP contribution in [0.25, 0.3) is 6.08 Å². The van der Waals surface area contributed by atoms with Crippen LogP contribution in [0.1, 0.15) is 23.6 Å². The van der Waals surface area contributed by atoms with Gasteiger partial charge in [0.25, 0.3) is 5.91 Å². The van der Waals surface area contributed by atoms with E-state index in [-0.39, 0.29) is 33.6 Å². The molecule has 0 unspecified atom stereocenters. The molecule has 0 heterocycles. The van der Waals surface area contributed by atoms with Crippen molar-refractivity contribution in [3.05, 3.63) is 87.9 Å². The molecule has 0 bridgehead atoms. The first-order valence-electron chi connectivity index (χ1n) is 10.6. The number of aryl methyl sites for hydroxylation is 2. The molecule has 0 saturated heterocycles. The maximum absolute atomic E-state index is 12.8. The normalized spacial score (nSPS) is 11.5. The maximum atomic E-state index is 12.8. The summed E-state index contributed by atoms with van der Waals surface area (Å²) in [5.74, 6) is -0.731. The largest absolute Gasteiger partial charge is 0.490 e. The summed E-state index contributed by atoms with van der Waals surface area (Å²) in [4.78, 5) is 12.6. The molecule has 7 nitrogen and oxygen atoms in total. The number of benzene rings is 3. The average molecular weight is 511 g/mol. The summed E-state index contributed by atoms with van der Waals surface area (Å²) in [6.07, 6.45) is 1.33. The van der Waals surface area contributed by atoms with Gasteiger partial charge in [0.05, 0.1) is 11.6 Å². The van der Waals surface area contributed by atoms with Crippen molar-refractivity contribution in [1.82, 2.24) is 0 Å². The van der Waals surface area contributed by atoms with Crippen LogP contribution in [-0.2, 0) is 14.9 Å². The third-order valence-electron chi connectivity index (χ3n) is 4.90. The van der Waals surface area contributed by atoms with Crippen molar-refractivity contribution in [2.75, 3.05) is 11.9 Å². The van der Waals surface area contributed by atoms with Gasteiger partial charge in [-0.3, -0.25) is 4.79 Å². The number of hydrogen-bond acceptors (Lipinski definition) is 6. The van der Waals surface area contributed by atoms with Crippen LogP contribution in [0, 0.1) is 25.2 Å². The van der Waals surface area contributed by atoms with E-state index in [4.69, 9.17) is 20.5 Å². The molecule has 3 aromatic rings. The highest BCUT2D eigenvalue weighted by Gasteiger charge is 2.22. The monoisotopic (exact) mass is 510 g/mol. The molecule has 0 aliphatic rings. The number of nitriles is 1. The SMILES string of the molecule is CCOc1cc(/C=C(\C#N)C(=O)Nc2ccccc2C)cc(Cl)c1OS(=O)(=O)c1ccc(C)cc1. The molecule has 3 aromatic carbocycles. The van der Waals surface area contributed by atoms with Crippen molar-refractivity contribution >= 4 is 39.4 Å². The minimum Gasteiger partial charge on any atom is -0.490 e. The van der Waals surface area contributed by atoms with E-state index < -0.39 is 16.0 Å². The van der Waals surface area contributed by atoms with Crippen LogP contribution in [0.3, 0.4) is 0 Å². The maximum Gasteiger partial charge on any atom is 0.339 e. The van der Waals surface area contributed by atoms with E-state index >= 15 is 0 Å². The van der Waals surface area contributed by atoms with E-state index in [1.54, 1.807) is 31.2 Å². The molecule has 35 heavy (non-hydrogen) atoms. The standard InChI is InChI=1S/C26H23ClN2O5S/c1-4-33-24-15-19(13-20(16-28)26(30)29-23-8-6-5-7-18(23)3)14-22(27)25(24)34-35(31,32)21-11-9-17(2)10-12-21/h5-15H,4H2,1-3H3,(H,29,30)/b20-13+. The molecule has 0 saturated carbocycles. The minimum atomic E-state index is -4.18. The second-order valence-corrected chi connectivity index (χ2v) is 9.51. The fourth-order valence-electron chi connectivity index (χ4n) is 3.10. The van der Waals surface area contributed by atoms with Crippen LogP contribution in [0.2, 0.25) is 5.02 Å². The number of hydrogen-bond donors (Lipinski definition) is 1. The molecule has 0 aliphatic carbocycles. The van der Waals surface area contributed by atoms with Gasteiger partial charge in [0.1, 0.15) is 16.5 Å². The minimum absolute atomic E-state index is 0.0368. The third kappa shape index (κ3) is 6.41. The molecule has 0 aromatic heterocycles. The smallest absolute Gasteiger partial charge is 0.339 e. The summed E-state index contributed by atoms with van der Waals surface area (Å²) in [6.45, 7) is 5.58. The Hall–Kier alpha value is -3.80. The topological polar surface area (TPSA) is 105 Å². The molecule has 0 fully saturated rings. The molecule has 1 N–H and O–H groups in total. The van der Waals surface area contributed by atoms with E-state index in [2.05, 4.69) is 5.32 Å². The molecular weight excluding hydrogens is 488 g/mol. The van der Waals surface area contributed by atoms with E-state index in [1.807, 2.05) is 32.0 Å². The lowest BCUT2D eigenvalue weighted by Crippen LogP contribution is -2.14. The fraction of sp³-hybridized carbons (Fsp3) is 0.154. The molecule has 3 rings (SSSR count). The van der Waals surface area contributed by atoms with Gasteiger partial charge in [-0.15, -0.1) is 0 Å². The van der Waals surface area contributed by atoms with Crippen LogP contribution < -0.4 is 14.2 Å². The van der Waals surface area contributed by atoms with Gasteiger partial charge in [-0.05, 0) is 68.3 Å². The van der Waals surface area contributed by atoms with Crippen LogP contribution in [0.5, 0.6) is 11.5 Å². The van der Waals surface area contributed by atoms with Crippen molar-refractivity contribution in [3.63, 3.8) is 0 Å². The molecule has 9 heteroatoms. The number of anilines is 1. The van der Waals surface area contributed by atoms with Gasteiger partial charge in [-0.1, -0.05) is 47.5 Å². The number of nitrogens with zero attached hydrogens (tertiary/aromatic N) is 1. The molecule has 0 atom stereocenters. The van der Waals surface area contributed by atoms with Crippen molar-refractivity contribution in [3.8, 4) is 17.6 Å². The van der Waals surface area contributed by atoms with Gasteiger partial charge < -0.3 is 14.2 Å². The summed E-state index contributed by atoms with van der Waals surface area (Å²) in [5, 5.41) is 12.2. The Labute approximate surface area is 209 Å². The number of carbonyl (C=O) groups excluding carboxylic acids is 1. The number of halogens is 1. The lowest BCUT2D eigenvalue weighted by molar-refractivity contribution is -0.112. The van der Waals surface area contributed by atoms with Crippen LogP contribution in [0.15, 0.2) is 71.1 Å². The van der Waals surface area contributed by atoms with Gasteiger partial charge in [-0.2, -0.15) is 13.7 Å².